The SMILES string of the molecule is CC(C)CN(C(=O)C(C)C)C1CC(C(=O)NCCN)N(C(=O)c2cccnc2)C1. The number of nitrogens with two attached hydrogens (primary N) is 1. The minimum atomic E-state index is -0.645. The predicted octanol–water partition coefficient (Wildman–Crippen LogP) is 0.880. The van der Waals surface area contributed by atoms with Crippen LogP contribution in [-0.2, 0) is 9.59 Å². The Morgan fingerprint density at radius 2 is 2.03 bits per heavy atom. The lowest BCUT2D eigenvalue weighted by Gasteiger charge is -2.32. The van der Waals surface area contributed by atoms with Crippen molar-refractivity contribution in [1.82, 2.24) is 20.1 Å². The molecule has 160 valence electrons. The molecule has 1 aromatic heterocycles. The van der Waals surface area contributed by atoms with Gasteiger partial charge in [0, 0.05) is 44.5 Å². The van der Waals surface area contributed by atoms with Crippen LogP contribution in [0.2, 0.25) is 0 Å². The minimum absolute atomic E-state index is 0.0421. The Morgan fingerprint density at radius 3 is 2.59 bits per heavy atom. The monoisotopic (exact) mass is 403 g/mol. The molecule has 8 heteroatoms. The molecule has 0 aliphatic carbocycles. The largest absolute Gasteiger partial charge is 0.353 e. The standard InChI is InChI=1S/C21H33N5O3/c1-14(2)12-25(20(28)15(3)4)17-10-18(19(27)24-9-7-22)26(13-17)21(29)16-6-5-8-23-11-16/h5-6,8,11,14-15,17-18H,7,9-10,12-13,22H2,1-4H3,(H,24,27). The molecule has 1 aromatic rings. The van der Waals surface area contributed by atoms with Crippen molar-refractivity contribution in [1.29, 1.82) is 0 Å². The number of rotatable bonds is 8. The van der Waals surface area contributed by atoms with E-state index in [2.05, 4.69) is 24.1 Å². The third-order valence-corrected chi connectivity index (χ3v) is 4.97. The summed E-state index contributed by atoms with van der Waals surface area (Å²) in [6.45, 7) is 9.43. The van der Waals surface area contributed by atoms with E-state index in [0.717, 1.165) is 0 Å². The van der Waals surface area contributed by atoms with Gasteiger partial charge in [0.15, 0.2) is 0 Å². The Kier molecular flexibility index (Phi) is 8.13. The first-order valence-electron chi connectivity index (χ1n) is 10.3. The van der Waals surface area contributed by atoms with E-state index in [1.807, 2.05) is 18.7 Å². The van der Waals surface area contributed by atoms with Crippen LogP contribution in [0.3, 0.4) is 0 Å². The van der Waals surface area contributed by atoms with Crippen LogP contribution < -0.4 is 11.1 Å². The van der Waals surface area contributed by atoms with Gasteiger partial charge < -0.3 is 20.9 Å². The molecule has 0 aromatic carbocycles. The molecule has 0 radical (unpaired) electrons. The lowest BCUT2D eigenvalue weighted by Crippen LogP contribution is -2.47. The van der Waals surface area contributed by atoms with Gasteiger partial charge in [0.2, 0.25) is 11.8 Å². The highest BCUT2D eigenvalue weighted by atomic mass is 16.2. The maximum atomic E-state index is 13.1. The van der Waals surface area contributed by atoms with Crippen molar-refractivity contribution < 1.29 is 14.4 Å². The van der Waals surface area contributed by atoms with Crippen LogP contribution in [0.25, 0.3) is 0 Å². The third kappa shape index (κ3) is 5.76. The van der Waals surface area contributed by atoms with E-state index in [1.165, 1.54) is 6.20 Å². The maximum Gasteiger partial charge on any atom is 0.256 e. The van der Waals surface area contributed by atoms with Crippen molar-refractivity contribution in [2.24, 2.45) is 17.6 Å². The summed E-state index contributed by atoms with van der Waals surface area (Å²) in [5.41, 5.74) is 5.93. The van der Waals surface area contributed by atoms with E-state index >= 15 is 0 Å². The molecule has 2 heterocycles. The van der Waals surface area contributed by atoms with Gasteiger partial charge in [-0.2, -0.15) is 0 Å². The Balaban J connectivity index is 2.30. The van der Waals surface area contributed by atoms with E-state index in [-0.39, 0.29) is 35.6 Å². The zero-order chi connectivity index (χ0) is 21.6. The molecule has 0 saturated carbocycles. The van der Waals surface area contributed by atoms with Crippen LogP contribution >= 0.6 is 0 Å². The van der Waals surface area contributed by atoms with Crippen LogP contribution in [0, 0.1) is 11.8 Å². The second kappa shape index (κ2) is 10.3. The van der Waals surface area contributed by atoms with Gasteiger partial charge in [-0.15, -0.1) is 0 Å². The van der Waals surface area contributed by atoms with Crippen molar-refractivity contribution >= 4 is 17.7 Å². The van der Waals surface area contributed by atoms with E-state index in [1.54, 1.807) is 23.2 Å². The number of carbonyl (C=O) groups excluding carboxylic acids is 3. The average molecular weight is 404 g/mol. The molecular weight excluding hydrogens is 370 g/mol. The summed E-state index contributed by atoms with van der Waals surface area (Å²) in [5, 5.41) is 2.79. The number of hydrogen-bond acceptors (Lipinski definition) is 5. The molecule has 1 aliphatic rings. The smallest absolute Gasteiger partial charge is 0.256 e. The first-order valence-corrected chi connectivity index (χ1v) is 10.3. The molecule has 29 heavy (non-hydrogen) atoms. The molecule has 2 unspecified atom stereocenters. The minimum Gasteiger partial charge on any atom is -0.353 e. The van der Waals surface area contributed by atoms with Crippen LogP contribution in [-0.4, -0.2) is 70.8 Å². The topological polar surface area (TPSA) is 109 Å². The third-order valence-electron chi connectivity index (χ3n) is 4.97. The van der Waals surface area contributed by atoms with Gasteiger partial charge in [0.05, 0.1) is 11.6 Å². The number of amides is 3. The summed E-state index contributed by atoms with van der Waals surface area (Å²) in [4.78, 5) is 46.1. The van der Waals surface area contributed by atoms with Crippen molar-refractivity contribution in [3.05, 3.63) is 30.1 Å². The first kappa shape index (κ1) is 22.8. The van der Waals surface area contributed by atoms with Gasteiger partial charge in [0.1, 0.15) is 6.04 Å². The lowest BCUT2D eigenvalue weighted by atomic mass is 10.0. The first-order chi connectivity index (χ1) is 13.8. The van der Waals surface area contributed by atoms with Crippen LogP contribution in [0.5, 0.6) is 0 Å². The Morgan fingerprint density at radius 1 is 1.31 bits per heavy atom. The molecular formula is C21H33N5O3. The van der Waals surface area contributed by atoms with Gasteiger partial charge in [-0.05, 0) is 24.5 Å². The molecule has 8 nitrogen and oxygen atoms in total. The Hall–Kier alpha value is -2.48. The molecule has 1 saturated heterocycles. The Labute approximate surface area is 172 Å². The average Bonchev–Trinajstić information content (AvgIpc) is 3.14. The molecule has 0 bridgehead atoms. The summed E-state index contributed by atoms with van der Waals surface area (Å²) in [6, 6.07) is 2.52. The van der Waals surface area contributed by atoms with Gasteiger partial charge in [-0.25, -0.2) is 0 Å². The Bertz CT molecular complexity index is 708. The second-order valence-electron chi connectivity index (χ2n) is 8.22. The maximum absolute atomic E-state index is 13.1. The van der Waals surface area contributed by atoms with E-state index in [4.69, 9.17) is 5.73 Å². The van der Waals surface area contributed by atoms with E-state index in [9.17, 15) is 14.4 Å². The van der Waals surface area contributed by atoms with Crippen molar-refractivity contribution in [2.45, 2.75) is 46.2 Å². The van der Waals surface area contributed by atoms with Crippen LogP contribution in [0.15, 0.2) is 24.5 Å². The molecule has 3 amide bonds. The number of nitrogens with one attached hydrogen (secondary N) is 1. The van der Waals surface area contributed by atoms with Gasteiger partial charge >= 0.3 is 0 Å². The fourth-order valence-corrected chi connectivity index (χ4v) is 3.62. The summed E-state index contributed by atoms with van der Waals surface area (Å²) < 4.78 is 0. The quantitative estimate of drug-likeness (QED) is 0.670. The highest BCUT2D eigenvalue weighted by Crippen LogP contribution is 2.26. The number of aromatic nitrogens is 1. The summed E-state index contributed by atoms with van der Waals surface area (Å²) in [6.07, 6.45) is 3.50. The van der Waals surface area contributed by atoms with Crippen molar-refractivity contribution in [2.75, 3.05) is 26.2 Å². The van der Waals surface area contributed by atoms with E-state index < -0.39 is 6.04 Å². The lowest BCUT2D eigenvalue weighted by molar-refractivity contribution is -0.137. The highest BCUT2D eigenvalue weighted by Gasteiger charge is 2.43. The summed E-state index contributed by atoms with van der Waals surface area (Å²) >= 11 is 0. The second-order valence-corrected chi connectivity index (χ2v) is 8.22. The predicted molar refractivity (Wildman–Crippen MR) is 111 cm³/mol. The van der Waals surface area contributed by atoms with Crippen molar-refractivity contribution in [3.63, 3.8) is 0 Å². The fraction of sp³-hybridized carbons (Fsp3) is 0.619. The van der Waals surface area contributed by atoms with Gasteiger partial charge in [0.25, 0.3) is 5.91 Å². The van der Waals surface area contributed by atoms with Crippen LogP contribution in [0.4, 0.5) is 0 Å². The molecule has 2 rings (SSSR count). The highest BCUT2D eigenvalue weighted by molar-refractivity contribution is 5.98. The summed E-state index contributed by atoms with van der Waals surface area (Å²) in [5.74, 6) is -0.321. The number of pyridine rings is 1. The van der Waals surface area contributed by atoms with E-state index in [0.29, 0.717) is 38.2 Å². The normalized spacial score (nSPS) is 18.9. The summed E-state index contributed by atoms with van der Waals surface area (Å²) in [7, 11) is 0. The molecule has 0 spiro atoms. The number of hydrogen-bond donors (Lipinski definition) is 2. The molecule has 1 aliphatic heterocycles. The zero-order valence-electron chi connectivity index (χ0n) is 17.8. The van der Waals surface area contributed by atoms with Gasteiger partial charge in [-0.1, -0.05) is 27.7 Å². The molecule has 1 fully saturated rings. The van der Waals surface area contributed by atoms with Crippen LogP contribution in [0.1, 0.15) is 44.5 Å². The molecule has 2 atom stereocenters. The fourth-order valence-electron chi connectivity index (χ4n) is 3.62. The number of nitrogens with zero attached hydrogens (tertiary/aromatic N) is 3. The zero-order valence-corrected chi connectivity index (χ0v) is 17.8. The van der Waals surface area contributed by atoms with Crippen molar-refractivity contribution in [3.8, 4) is 0 Å². The van der Waals surface area contributed by atoms with Gasteiger partial charge in [-0.3, -0.25) is 19.4 Å². The number of carbonyl (C=O) groups is 3. The number of likely N-dealkylation sites (tertiary alicyclic amines) is 1. The molecule has 3 N–H and O–H groups in total.